The van der Waals surface area contributed by atoms with Gasteiger partial charge in [0, 0.05) is 13.2 Å². The number of nitrogens with zero attached hydrogens (tertiary/aromatic N) is 2. The summed E-state index contributed by atoms with van der Waals surface area (Å²) in [4.78, 5) is 28.8. The molecule has 2 rings (SSSR count). The van der Waals surface area contributed by atoms with Gasteiger partial charge in [0.25, 0.3) is 0 Å². The van der Waals surface area contributed by atoms with Crippen LogP contribution in [0.3, 0.4) is 0 Å². The van der Waals surface area contributed by atoms with E-state index in [0.29, 0.717) is 5.69 Å². The minimum atomic E-state index is -0.905. The van der Waals surface area contributed by atoms with Gasteiger partial charge in [-0.1, -0.05) is 13.8 Å². The molecule has 96 valence electrons. The summed E-state index contributed by atoms with van der Waals surface area (Å²) >= 11 is 0. The van der Waals surface area contributed by atoms with Crippen molar-refractivity contribution in [3.63, 3.8) is 0 Å². The number of carboxylic acid groups (broad SMARTS) is 1. The SMILES string of the molecule is CN(C(=O)C1C(C(=O)O)C1(C)C)c1cccnc1. The third-order valence-electron chi connectivity index (χ3n) is 3.72. The highest BCUT2D eigenvalue weighted by Crippen LogP contribution is 2.59. The first kappa shape index (κ1) is 12.5. The number of amides is 1. The lowest BCUT2D eigenvalue weighted by Gasteiger charge is -2.17. The quantitative estimate of drug-likeness (QED) is 0.877. The van der Waals surface area contributed by atoms with Gasteiger partial charge in [-0.25, -0.2) is 0 Å². The van der Waals surface area contributed by atoms with Gasteiger partial charge in [-0.05, 0) is 17.5 Å². The molecule has 1 saturated carbocycles. The van der Waals surface area contributed by atoms with E-state index in [4.69, 9.17) is 5.11 Å². The van der Waals surface area contributed by atoms with Crippen molar-refractivity contribution in [2.75, 3.05) is 11.9 Å². The van der Waals surface area contributed by atoms with E-state index >= 15 is 0 Å². The molecule has 0 radical (unpaired) electrons. The fraction of sp³-hybridized carbons (Fsp3) is 0.462. The Morgan fingerprint density at radius 1 is 1.39 bits per heavy atom. The van der Waals surface area contributed by atoms with E-state index in [1.165, 1.54) is 4.90 Å². The molecule has 0 saturated heterocycles. The molecule has 1 amide bonds. The van der Waals surface area contributed by atoms with Gasteiger partial charge >= 0.3 is 5.97 Å². The molecular weight excluding hydrogens is 232 g/mol. The zero-order valence-electron chi connectivity index (χ0n) is 10.6. The summed E-state index contributed by atoms with van der Waals surface area (Å²) in [6, 6.07) is 3.52. The molecule has 0 spiro atoms. The van der Waals surface area contributed by atoms with Gasteiger partial charge in [-0.2, -0.15) is 0 Å². The summed E-state index contributed by atoms with van der Waals surface area (Å²) < 4.78 is 0. The molecule has 5 nitrogen and oxygen atoms in total. The number of hydrogen-bond donors (Lipinski definition) is 1. The number of rotatable bonds is 3. The first-order chi connectivity index (χ1) is 8.37. The van der Waals surface area contributed by atoms with Crippen LogP contribution in [-0.4, -0.2) is 29.0 Å². The molecule has 1 aliphatic rings. The van der Waals surface area contributed by atoms with Gasteiger partial charge in [0.05, 0.1) is 23.7 Å². The molecule has 0 bridgehead atoms. The van der Waals surface area contributed by atoms with Crippen molar-refractivity contribution < 1.29 is 14.7 Å². The second-order valence-corrected chi connectivity index (χ2v) is 5.22. The van der Waals surface area contributed by atoms with Gasteiger partial charge in [0.15, 0.2) is 0 Å². The van der Waals surface area contributed by atoms with E-state index in [1.807, 2.05) is 13.8 Å². The fourth-order valence-corrected chi connectivity index (χ4v) is 2.45. The molecule has 0 aromatic carbocycles. The highest BCUT2D eigenvalue weighted by molar-refractivity contribution is 6.00. The highest BCUT2D eigenvalue weighted by atomic mass is 16.4. The zero-order valence-corrected chi connectivity index (χ0v) is 10.6. The van der Waals surface area contributed by atoms with E-state index in [0.717, 1.165) is 0 Å². The average molecular weight is 248 g/mol. The first-order valence-electron chi connectivity index (χ1n) is 5.77. The van der Waals surface area contributed by atoms with E-state index in [2.05, 4.69) is 4.98 Å². The van der Waals surface area contributed by atoms with Crippen molar-refractivity contribution in [2.24, 2.45) is 17.3 Å². The van der Waals surface area contributed by atoms with E-state index in [-0.39, 0.29) is 5.91 Å². The summed E-state index contributed by atoms with van der Waals surface area (Å²) in [5.41, 5.74) is 0.202. The average Bonchev–Trinajstić information content (AvgIpc) is 2.92. The molecule has 1 aromatic heterocycles. The number of hydrogen-bond acceptors (Lipinski definition) is 3. The van der Waals surface area contributed by atoms with E-state index in [1.54, 1.807) is 31.6 Å². The Balaban J connectivity index is 2.17. The maximum Gasteiger partial charge on any atom is 0.307 e. The van der Waals surface area contributed by atoms with Crippen LogP contribution < -0.4 is 4.90 Å². The number of carboxylic acids is 1. The van der Waals surface area contributed by atoms with E-state index < -0.39 is 23.2 Å². The highest BCUT2D eigenvalue weighted by Gasteiger charge is 2.66. The molecule has 1 aliphatic carbocycles. The Hall–Kier alpha value is -1.91. The van der Waals surface area contributed by atoms with Crippen LogP contribution in [0.15, 0.2) is 24.5 Å². The van der Waals surface area contributed by atoms with Crippen LogP contribution in [-0.2, 0) is 9.59 Å². The summed E-state index contributed by atoms with van der Waals surface area (Å²) in [7, 11) is 1.65. The van der Waals surface area contributed by atoms with Crippen molar-refractivity contribution in [3.05, 3.63) is 24.5 Å². The maximum atomic E-state index is 12.3. The number of pyridine rings is 1. The van der Waals surface area contributed by atoms with Crippen LogP contribution in [0.4, 0.5) is 5.69 Å². The zero-order chi connectivity index (χ0) is 13.5. The number of aliphatic carboxylic acids is 1. The number of carbonyl (C=O) groups is 2. The molecule has 1 fully saturated rings. The van der Waals surface area contributed by atoms with Crippen molar-refractivity contribution in [1.82, 2.24) is 4.98 Å². The topological polar surface area (TPSA) is 70.5 Å². The van der Waals surface area contributed by atoms with Crippen LogP contribution in [0.5, 0.6) is 0 Å². The van der Waals surface area contributed by atoms with Crippen molar-refractivity contribution in [1.29, 1.82) is 0 Å². The number of carbonyl (C=O) groups excluding carboxylic acids is 1. The second-order valence-electron chi connectivity index (χ2n) is 5.22. The van der Waals surface area contributed by atoms with Crippen molar-refractivity contribution in [2.45, 2.75) is 13.8 Å². The molecule has 1 N–H and O–H groups in total. The predicted octanol–water partition coefficient (Wildman–Crippen LogP) is 1.40. The monoisotopic (exact) mass is 248 g/mol. The smallest absolute Gasteiger partial charge is 0.307 e. The Morgan fingerprint density at radius 2 is 2.06 bits per heavy atom. The third-order valence-corrected chi connectivity index (χ3v) is 3.72. The Labute approximate surface area is 105 Å². The second kappa shape index (κ2) is 4.08. The van der Waals surface area contributed by atoms with Gasteiger partial charge in [-0.3, -0.25) is 14.6 Å². The fourth-order valence-electron chi connectivity index (χ4n) is 2.45. The van der Waals surface area contributed by atoms with Crippen LogP contribution >= 0.6 is 0 Å². The van der Waals surface area contributed by atoms with Crippen molar-refractivity contribution in [3.8, 4) is 0 Å². The molecule has 18 heavy (non-hydrogen) atoms. The van der Waals surface area contributed by atoms with Gasteiger partial charge in [-0.15, -0.1) is 0 Å². The summed E-state index contributed by atoms with van der Waals surface area (Å²) in [6.07, 6.45) is 3.21. The molecular formula is C13H16N2O3. The Kier molecular flexibility index (Phi) is 2.84. The van der Waals surface area contributed by atoms with E-state index in [9.17, 15) is 9.59 Å². The summed E-state index contributed by atoms with van der Waals surface area (Å²) in [5, 5.41) is 9.08. The summed E-state index contributed by atoms with van der Waals surface area (Å²) in [5.74, 6) is -2.12. The molecule has 1 aromatic rings. The van der Waals surface area contributed by atoms with Crippen LogP contribution in [0.1, 0.15) is 13.8 Å². The largest absolute Gasteiger partial charge is 0.481 e. The lowest BCUT2D eigenvalue weighted by Crippen LogP contribution is -2.29. The summed E-state index contributed by atoms with van der Waals surface area (Å²) in [6.45, 7) is 3.62. The van der Waals surface area contributed by atoms with Crippen LogP contribution in [0.2, 0.25) is 0 Å². The normalized spacial score (nSPS) is 24.4. The minimum Gasteiger partial charge on any atom is -0.481 e. The number of aromatic nitrogens is 1. The van der Waals surface area contributed by atoms with Gasteiger partial charge < -0.3 is 10.0 Å². The van der Waals surface area contributed by atoms with Crippen LogP contribution in [0.25, 0.3) is 0 Å². The lowest BCUT2D eigenvalue weighted by atomic mass is 10.1. The first-order valence-corrected chi connectivity index (χ1v) is 5.77. The molecule has 5 heteroatoms. The Bertz CT molecular complexity index is 484. The maximum absolute atomic E-state index is 12.3. The minimum absolute atomic E-state index is 0.166. The van der Waals surface area contributed by atoms with Crippen molar-refractivity contribution >= 4 is 17.6 Å². The standard InChI is InChI=1S/C13H16N2O3/c1-13(2)9(10(13)12(17)18)11(16)15(3)8-5-4-6-14-7-8/h4-7,9-10H,1-3H3,(H,17,18). The predicted molar refractivity (Wildman–Crippen MR) is 66.0 cm³/mol. The molecule has 2 unspecified atom stereocenters. The lowest BCUT2D eigenvalue weighted by molar-refractivity contribution is -0.140. The van der Waals surface area contributed by atoms with Gasteiger partial charge in [0.1, 0.15) is 0 Å². The molecule has 1 heterocycles. The third kappa shape index (κ3) is 1.85. The Morgan fingerprint density at radius 3 is 2.50 bits per heavy atom. The number of anilines is 1. The van der Waals surface area contributed by atoms with Crippen LogP contribution in [0, 0.1) is 17.3 Å². The van der Waals surface area contributed by atoms with Gasteiger partial charge in [0.2, 0.25) is 5.91 Å². The molecule has 2 atom stereocenters. The molecule has 0 aliphatic heterocycles.